The number of nitrogens with two attached hydrogens (primary N) is 2. The lowest BCUT2D eigenvalue weighted by molar-refractivity contribution is -0.745. The Balaban J connectivity index is 0.950. The number of nitrogens with zero attached hydrogens (tertiary/aromatic N) is 8. The zero-order valence-corrected chi connectivity index (χ0v) is 43.8. The number of H-pyrrole nitrogens is 2. The first-order chi connectivity index (χ1) is 35.9. The fraction of sp³-hybridized carbons (Fsp3) is 0.576. The molecule has 5 aromatic rings. The van der Waals surface area contributed by atoms with E-state index in [1.807, 2.05) is 4.98 Å². The molecule has 0 aliphatic carbocycles. The number of hydrogen-bond donors (Lipinski definition) is 11. The lowest BCUT2D eigenvalue weighted by Crippen LogP contribution is -2.46. The van der Waals surface area contributed by atoms with Crippen molar-refractivity contribution < 1.29 is 112 Å². The van der Waals surface area contributed by atoms with Crippen LogP contribution in [-0.4, -0.2) is 171 Å². The summed E-state index contributed by atoms with van der Waals surface area (Å²) in [5, 5.41) is 32.6. The van der Waals surface area contributed by atoms with Gasteiger partial charge in [0, 0.05) is 31.8 Å². The molecule has 6 unspecified atom stereocenters. The molecule has 0 radical (unpaired) electrons. The van der Waals surface area contributed by atoms with Crippen LogP contribution in [-0.2, 0) is 81.0 Å². The monoisotopic (exact) mass is 1200 g/mol. The number of sulfonamides is 1. The van der Waals surface area contributed by atoms with Crippen molar-refractivity contribution in [1.29, 1.82) is 0 Å². The van der Waals surface area contributed by atoms with Crippen LogP contribution in [0.15, 0.2) is 45.6 Å². The number of anilines is 2. The zero-order valence-electron chi connectivity index (χ0n) is 39.4. The number of imidazole rings is 2. The molecule has 39 nitrogen and oxygen atoms in total. The SMILES string of the molecule is CO[C@@H]1[C@H](OP(=O)([O-])OC[C@H]2O[C@@H](n3ccc(=O)[nH]c3=O)[C@H](O)[C@@H]2O)C(COP(=O)(O)OP(=O)(O)OP(=O)(O)OC[C@H]2O[C@@H]([n+]3cn(C)c4c(=O)[nH]c(N)nc43)[C@H](O)C2CNS(C)(=O)=O)O[C@H]1n1cnc2c(N)ncnc21. The van der Waals surface area contributed by atoms with E-state index in [1.165, 1.54) is 17.9 Å². The number of nitrogen functional groups attached to an aromatic ring is 2. The van der Waals surface area contributed by atoms with Gasteiger partial charge in [-0.1, -0.05) is 4.98 Å². The highest BCUT2D eigenvalue weighted by Gasteiger charge is 2.53. The maximum Gasteiger partial charge on any atom is 0.490 e. The summed E-state index contributed by atoms with van der Waals surface area (Å²) in [7, 11) is -25.4. The van der Waals surface area contributed by atoms with Crippen molar-refractivity contribution in [2.24, 2.45) is 13.0 Å². The fourth-order valence-electron chi connectivity index (χ4n) is 8.37. The summed E-state index contributed by atoms with van der Waals surface area (Å²) < 4.78 is 135. The van der Waals surface area contributed by atoms with Crippen molar-refractivity contribution in [3.8, 4) is 0 Å². The molecule has 13 N–H and O–H groups in total. The van der Waals surface area contributed by atoms with Gasteiger partial charge < -0.3 is 74.4 Å². The highest BCUT2D eigenvalue weighted by atomic mass is 32.2. The Morgan fingerprint density at radius 1 is 0.844 bits per heavy atom. The van der Waals surface area contributed by atoms with Crippen molar-refractivity contribution in [3.05, 3.63) is 62.4 Å². The molecule has 426 valence electrons. The second-order valence-electron chi connectivity index (χ2n) is 17.0. The molecule has 77 heavy (non-hydrogen) atoms. The molecule has 3 aliphatic heterocycles. The van der Waals surface area contributed by atoms with Gasteiger partial charge in [-0.2, -0.15) is 8.62 Å². The Morgan fingerprint density at radius 3 is 2.14 bits per heavy atom. The third-order valence-corrected chi connectivity index (χ3v) is 17.6. The van der Waals surface area contributed by atoms with Crippen LogP contribution >= 0.6 is 31.3 Å². The van der Waals surface area contributed by atoms with Crippen LogP contribution < -0.4 is 42.5 Å². The standard InChI is InChI=1S/C33H47N13O26P4S/c1-43-12-46(27-19(43)28(51)42-32(35)41-27)29-20(48)13(6-39-77(3,61)62)14(67-29)7-65-74(55,56)71-76(59,60)72-75(57,58)66-9-16-23(24(63-2)31(69-16)45-11-38-18-25(34)36-10-37-26(18)45)70-73(53,54)64-8-15-21(49)22(50)30(68-15)44-5-4-17(47)40-33(44)52/h4-5,10-16,20-24,29-31,39,48-50H,6-9H2,1-3H3,(H9-,34,35,36,37,40,41,42,47,51,52,53,54,55,56,57,58,59,60)/t13?,14-,15-,16?,20-,21-,22-,23-,24-,29-,30-,31-/m1/s1. The molecular weight excluding hydrogens is 1150 g/mol. The normalized spacial score (nSPS) is 30.1. The van der Waals surface area contributed by atoms with E-state index in [1.54, 1.807) is 0 Å². The quantitative estimate of drug-likeness (QED) is 0.0227. The fourth-order valence-corrected chi connectivity index (χ4v) is 13.3. The number of phosphoric ester groups is 3. The van der Waals surface area contributed by atoms with E-state index in [-0.39, 0.29) is 34.1 Å². The van der Waals surface area contributed by atoms with E-state index in [0.29, 0.717) is 4.57 Å². The van der Waals surface area contributed by atoms with Crippen LogP contribution in [0.4, 0.5) is 11.8 Å². The number of aromatic amines is 2. The van der Waals surface area contributed by atoms with Gasteiger partial charge in [0.25, 0.3) is 24.9 Å². The highest BCUT2D eigenvalue weighted by Crippen LogP contribution is 2.68. The number of ether oxygens (including phenoxy) is 4. The van der Waals surface area contributed by atoms with E-state index in [2.05, 4.69) is 38.3 Å². The minimum absolute atomic E-state index is 0.0152. The molecule has 0 aromatic carbocycles. The lowest BCUT2D eigenvalue weighted by Gasteiger charge is -2.31. The number of phosphoric acid groups is 4. The van der Waals surface area contributed by atoms with Gasteiger partial charge in [-0.05, 0) is 0 Å². The summed E-state index contributed by atoms with van der Waals surface area (Å²) in [4.78, 5) is 102. The Kier molecular flexibility index (Phi) is 16.8. The van der Waals surface area contributed by atoms with Crippen molar-refractivity contribution in [1.82, 2.24) is 48.3 Å². The molecule has 0 saturated carbocycles. The molecule has 3 fully saturated rings. The Hall–Kier alpha value is -4.67. The minimum Gasteiger partial charge on any atom is -0.756 e. The molecule has 5 aromatic heterocycles. The van der Waals surface area contributed by atoms with E-state index < -0.39 is 158 Å². The molecule has 3 aliphatic rings. The second kappa shape index (κ2) is 22.1. The van der Waals surface area contributed by atoms with Crippen LogP contribution in [0.25, 0.3) is 22.3 Å². The van der Waals surface area contributed by atoms with Crippen molar-refractivity contribution >= 4 is 75.4 Å². The first kappa shape index (κ1) is 58.5. The maximum atomic E-state index is 13.5. The first-order valence-electron chi connectivity index (χ1n) is 21.7. The van der Waals surface area contributed by atoms with Crippen LogP contribution in [0, 0.1) is 5.92 Å². The van der Waals surface area contributed by atoms with Crippen LogP contribution in [0.3, 0.4) is 0 Å². The third kappa shape index (κ3) is 13.0. The largest absolute Gasteiger partial charge is 0.756 e. The summed E-state index contributed by atoms with van der Waals surface area (Å²) in [6, 6.07) is 0.905. The van der Waals surface area contributed by atoms with Gasteiger partial charge in [0.15, 0.2) is 30.2 Å². The number of aliphatic hydroxyl groups is 3. The number of aryl methyl sites for hydroxylation is 1. The van der Waals surface area contributed by atoms with Gasteiger partial charge in [0.2, 0.25) is 21.8 Å². The molecule has 3 saturated heterocycles. The second-order valence-corrected chi connectivity index (χ2v) is 24.8. The van der Waals surface area contributed by atoms with E-state index in [0.717, 1.165) is 47.4 Å². The summed E-state index contributed by atoms with van der Waals surface area (Å²) in [5.74, 6) is -1.80. The average molecular weight is 1200 g/mol. The number of rotatable bonds is 22. The predicted octanol–water partition coefficient (Wildman–Crippen LogP) is -5.70. The third-order valence-electron chi connectivity index (χ3n) is 11.7. The Labute approximate surface area is 428 Å². The topological polar surface area (TPSA) is 556 Å². The molecular formula is C33H47N13O26P4S. The molecule has 8 rings (SSSR count). The Bertz CT molecular complexity index is 3530. The minimum atomic E-state index is -6.28. The van der Waals surface area contributed by atoms with Gasteiger partial charge in [-0.3, -0.25) is 46.9 Å². The van der Waals surface area contributed by atoms with Crippen LogP contribution in [0.1, 0.15) is 18.7 Å². The zero-order chi connectivity index (χ0) is 56.3. The number of nitrogens with one attached hydrogen (secondary N) is 3. The van der Waals surface area contributed by atoms with Crippen molar-refractivity contribution in [2.75, 3.05) is 51.2 Å². The number of fused-ring (bicyclic) bond motifs is 2. The molecule has 0 amide bonds. The van der Waals surface area contributed by atoms with Gasteiger partial charge in [0.05, 0.1) is 45.6 Å². The number of aromatic nitrogens is 10. The molecule has 44 heteroatoms. The molecule has 0 spiro atoms. The number of methoxy groups -OCH3 is 1. The molecule has 0 bridgehead atoms. The van der Waals surface area contributed by atoms with Gasteiger partial charge in [0.1, 0.15) is 54.6 Å². The maximum absolute atomic E-state index is 13.5. The summed E-state index contributed by atoms with van der Waals surface area (Å²) >= 11 is 0. The van der Waals surface area contributed by atoms with Gasteiger partial charge in [-0.25, -0.2) is 51.1 Å². The molecule has 8 heterocycles. The first-order valence-corrected chi connectivity index (χ1v) is 29.5. The summed E-state index contributed by atoms with van der Waals surface area (Å²) in [5.41, 5.74) is 8.89. The average Bonchev–Trinajstić information content (AvgIpc) is 4.11. The van der Waals surface area contributed by atoms with Crippen LogP contribution in [0.5, 0.6) is 0 Å². The van der Waals surface area contributed by atoms with Crippen molar-refractivity contribution in [3.63, 3.8) is 0 Å². The highest BCUT2D eigenvalue weighted by molar-refractivity contribution is 7.88. The van der Waals surface area contributed by atoms with E-state index >= 15 is 0 Å². The van der Waals surface area contributed by atoms with E-state index in [4.69, 9.17) is 48.5 Å². The predicted molar refractivity (Wildman–Crippen MR) is 246 cm³/mol. The van der Waals surface area contributed by atoms with Gasteiger partial charge >= 0.3 is 34.8 Å². The smallest absolute Gasteiger partial charge is 0.490 e. The summed E-state index contributed by atoms with van der Waals surface area (Å²) in [6.45, 7) is -4.15. The number of hydrogen-bond acceptors (Lipinski definition) is 29. The van der Waals surface area contributed by atoms with Crippen molar-refractivity contribution in [2.45, 2.75) is 67.5 Å². The lowest BCUT2D eigenvalue weighted by atomic mass is 9.98. The van der Waals surface area contributed by atoms with Crippen LogP contribution in [0.2, 0.25) is 0 Å². The molecule has 16 atom stereocenters. The number of aliphatic hydroxyl groups excluding tert-OH is 3. The summed E-state index contributed by atoms with van der Waals surface area (Å²) in [6.07, 6.45) is -13.8. The van der Waals surface area contributed by atoms with Gasteiger partial charge in [-0.15, -0.1) is 0 Å². The van der Waals surface area contributed by atoms with E-state index in [9.17, 15) is 76.0 Å². The Morgan fingerprint density at radius 2 is 1.49 bits per heavy atom.